The average Bonchev–Trinajstić information content (AvgIpc) is 2.29. The molecule has 0 spiro atoms. The highest BCUT2D eigenvalue weighted by molar-refractivity contribution is 7.89. The van der Waals surface area contributed by atoms with Crippen molar-refractivity contribution in [1.29, 1.82) is 0 Å². The number of nitrogens with one attached hydrogen (secondary N) is 2. The third kappa shape index (κ3) is 5.36. The lowest BCUT2D eigenvalue weighted by Crippen LogP contribution is -2.44. The van der Waals surface area contributed by atoms with Crippen molar-refractivity contribution in [3.63, 3.8) is 0 Å². The Bertz CT molecular complexity index is 337. The summed E-state index contributed by atoms with van der Waals surface area (Å²) < 4.78 is 25.0. The smallest absolute Gasteiger partial charge is 0.317 e. The molecule has 6 nitrogen and oxygen atoms in total. The van der Waals surface area contributed by atoms with Crippen molar-refractivity contribution in [3.05, 3.63) is 0 Å². The van der Waals surface area contributed by atoms with Gasteiger partial charge < -0.3 is 10.2 Å². The van der Waals surface area contributed by atoms with Crippen LogP contribution >= 0.6 is 0 Å². The zero-order valence-electron chi connectivity index (χ0n) is 10.2. The van der Waals surface area contributed by atoms with Crippen LogP contribution in [0.25, 0.3) is 0 Å². The molecule has 0 aromatic heterocycles. The van der Waals surface area contributed by atoms with E-state index in [2.05, 4.69) is 10.0 Å². The standard InChI is InChI=1S/C10H21N3O3S/c1-2-12-17(15,16)9-6-11-10(14)13-7-4-3-5-8-13/h12H,2-9H2,1H3,(H,11,14). The Kier molecular flexibility index (Phi) is 5.70. The number of hydrogen-bond acceptors (Lipinski definition) is 3. The predicted octanol–water partition coefficient (Wildman–Crippen LogP) is 0.121. The van der Waals surface area contributed by atoms with Gasteiger partial charge in [-0.25, -0.2) is 17.9 Å². The molecule has 0 unspecified atom stereocenters. The largest absolute Gasteiger partial charge is 0.337 e. The maximum atomic E-state index is 11.6. The van der Waals surface area contributed by atoms with Crippen LogP contribution in [0.1, 0.15) is 26.2 Å². The number of nitrogens with zero attached hydrogens (tertiary/aromatic N) is 1. The van der Waals surface area contributed by atoms with E-state index in [1.54, 1.807) is 11.8 Å². The van der Waals surface area contributed by atoms with Crippen molar-refractivity contribution in [2.75, 3.05) is 31.9 Å². The molecule has 2 N–H and O–H groups in total. The van der Waals surface area contributed by atoms with Crippen molar-refractivity contribution in [3.8, 4) is 0 Å². The Labute approximate surface area is 103 Å². The van der Waals surface area contributed by atoms with Crippen LogP contribution in [0.5, 0.6) is 0 Å². The molecule has 0 bridgehead atoms. The highest BCUT2D eigenvalue weighted by Crippen LogP contribution is 2.08. The van der Waals surface area contributed by atoms with Crippen LogP contribution in [0.2, 0.25) is 0 Å². The molecule has 0 atom stereocenters. The third-order valence-corrected chi connectivity index (χ3v) is 4.12. The molecule has 1 aliphatic heterocycles. The number of amides is 2. The van der Waals surface area contributed by atoms with Gasteiger partial charge in [0.05, 0.1) is 5.75 Å². The van der Waals surface area contributed by atoms with E-state index >= 15 is 0 Å². The van der Waals surface area contributed by atoms with Crippen LogP contribution in [-0.4, -0.2) is 51.3 Å². The van der Waals surface area contributed by atoms with Crippen molar-refractivity contribution < 1.29 is 13.2 Å². The zero-order valence-corrected chi connectivity index (χ0v) is 11.1. The summed E-state index contributed by atoms with van der Waals surface area (Å²) in [7, 11) is -3.24. The fourth-order valence-electron chi connectivity index (χ4n) is 1.79. The summed E-state index contributed by atoms with van der Waals surface area (Å²) in [6.45, 7) is 3.80. The molecule has 0 aliphatic carbocycles. The molecule has 2 amide bonds. The van der Waals surface area contributed by atoms with Crippen molar-refractivity contribution >= 4 is 16.1 Å². The van der Waals surface area contributed by atoms with Gasteiger partial charge in [-0.2, -0.15) is 0 Å². The van der Waals surface area contributed by atoms with Gasteiger partial charge in [-0.15, -0.1) is 0 Å². The van der Waals surface area contributed by atoms with E-state index in [9.17, 15) is 13.2 Å². The first-order valence-corrected chi connectivity index (χ1v) is 7.70. The molecule has 0 radical (unpaired) electrons. The van der Waals surface area contributed by atoms with Gasteiger partial charge in [0, 0.05) is 26.2 Å². The predicted molar refractivity (Wildman–Crippen MR) is 66.3 cm³/mol. The van der Waals surface area contributed by atoms with Gasteiger partial charge in [0.2, 0.25) is 10.0 Å². The Morgan fingerprint density at radius 3 is 2.47 bits per heavy atom. The summed E-state index contributed by atoms with van der Waals surface area (Å²) in [5.74, 6) is -0.0690. The molecular weight excluding hydrogens is 242 g/mol. The molecule has 1 heterocycles. The second-order valence-corrected chi connectivity index (χ2v) is 6.02. The number of hydrogen-bond donors (Lipinski definition) is 2. The monoisotopic (exact) mass is 263 g/mol. The van der Waals surface area contributed by atoms with Gasteiger partial charge in [-0.3, -0.25) is 0 Å². The van der Waals surface area contributed by atoms with Crippen molar-refractivity contribution in [1.82, 2.24) is 14.9 Å². The number of likely N-dealkylation sites (tertiary alicyclic amines) is 1. The first-order valence-electron chi connectivity index (χ1n) is 6.05. The topological polar surface area (TPSA) is 78.5 Å². The van der Waals surface area contributed by atoms with E-state index in [0.29, 0.717) is 6.54 Å². The molecule has 0 aromatic rings. The lowest BCUT2D eigenvalue weighted by Gasteiger charge is -2.26. The van der Waals surface area contributed by atoms with E-state index in [1.165, 1.54) is 6.42 Å². The number of sulfonamides is 1. The third-order valence-electron chi connectivity index (χ3n) is 2.65. The number of urea groups is 1. The highest BCUT2D eigenvalue weighted by atomic mass is 32.2. The van der Waals surface area contributed by atoms with Crippen molar-refractivity contribution in [2.24, 2.45) is 0 Å². The van der Waals surface area contributed by atoms with Gasteiger partial charge in [0.25, 0.3) is 0 Å². The maximum absolute atomic E-state index is 11.6. The van der Waals surface area contributed by atoms with E-state index in [1.807, 2.05) is 0 Å². The van der Waals surface area contributed by atoms with Crippen LogP contribution < -0.4 is 10.0 Å². The van der Waals surface area contributed by atoms with Crippen molar-refractivity contribution in [2.45, 2.75) is 26.2 Å². The minimum absolute atomic E-state index is 0.0690. The summed E-state index contributed by atoms with van der Waals surface area (Å²) >= 11 is 0. The van der Waals surface area contributed by atoms with Crippen LogP contribution in [0.15, 0.2) is 0 Å². The number of carbonyl (C=O) groups excluding carboxylic acids is 1. The minimum atomic E-state index is -3.24. The van der Waals surface area contributed by atoms with Gasteiger partial charge in [0.1, 0.15) is 0 Å². The van der Waals surface area contributed by atoms with Gasteiger partial charge in [-0.05, 0) is 19.3 Å². The Hall–Kier alpha value is -0.820. The molecule has 7 heteroatoms. The molecule has 1 fully saturated rings. The van der Waals surface area contributed by atoms with Crippen LogP contribution in [0, 0.1) is 0 Å². The highest BCUT2D eigenvalue weighted by Gasteiger charge is 2.16. The van der Waals surface area contributed by atoms with E-state index < -0.39 is 10.0 Å². The molecule has 0 aromatic carbocycles. The molecule has 1 aliphatic rings. The number of rotatable bonds is 5. The van der Waals surface area contributed by atoms with E-state index in [0.717, 1.165) is 25.9 Å². The van der Waals surface area contributed by atoms with Gasteiger partial charge in [0.15, 0.2) is 0 Å². The normalized spacial score (nSPS) is 16.9. The van der Waals surface area contributed by atoms with Crippen LogP contribution in [-0.2, 0) is 10.0 Å². The lowest BCUT2D eigenvalue weighted by atomic mass is 10.1. The van der Waals surface area contributed by atoms with E-state index in [-0.39, 0.29) is 18.3 Å². The summed E-state index contributed by atoms with van der Waals surface area (Å²) in [6, 6.07) is -0.156. The fraction of sp³-hybridized carbons (Fsp3) is 0.900. The Morgan fingerprint density at radius 2 is 1.88 bits per heavy atom. The van der Waals surface area contributed by atoms with Gasteiger partial charge in [-0.1, -0.05) is 6.92 Å². The average molecular weight is 263 g/mol. The molecule has 17 heavy (non-hydrogen) atoms. The second kappa shape index (κ2) is 6.80. The summed E-state index contributed by atoms with van der Waals surface area (Å²) in [6.07, 6.45) is 3.23. The molecule has 1 rings (SSSR count). The molecule has 100 valence electrons. The minimum Gasteiger partial charge on any atom is -0.337 e. The Balaban J connectivity index is 2.24. The maximum Gasteiger partial charge on any atom is 0.317 e. The lowest BCUT2D eigenvalue weighted by molar-refractivity contribution is 0.187. The molecule has 1 saturated heterocycles. The first kappa shape index (κ1) is 14.2. The fourth-order valence-corrected chi connectivity index (χ4v) is 2.75. The summed E-state index contributed by atoms with van der Waals surface area (Å²) in [5, 5.41) is 2.63. The Morgan fingerprint density at radius 1 is 1.24 bits per heavy atom. The second-order valence-electron chi connectivity index (χ2n) is 4.10. The SMILES string of the molecule is CCNS(=O)(=O)CCNC(=O)N1CCCCC1. The summed E-state index contributed by atoms with van der Waals surface area (Å²) in [4.78, 5) is 13.4. The van der Waals surface area contributed by atoms with Crippen LogP contribution in [0.3, 0.4) is 0 Å². The molecular formula is C10H21N3O3S. The first-order chi connectivity index (χ1) is 8.05. The van der Waals surface area contributed by atoms with Crippen LogP contribution in [0.4, 0.5) is 4.79 Å². The summed E-state index contributed by atoms with van der Waals surface area (Å²) in [5.41, 5.74) is 0. The van der Waals surface area contributed by atoms with E-state index in [4.69, 9.17) is 0 Å². The van der Waals surface area contributed by atoms with Gasteiger partial charge >= 0.3 is 6.03 Å². The zero-order chi connectivity index (χ0) is 12.7. The number of carbonyl (C=O) groups is 1. The number of piperidine rings is 1. The molecule has 0 saturated carbocycles. The quantitative estimate of drug-likeness (QED) is 0.739.